The van der Waals surface area contributed by atoms with E-state index >= 15 is 0 Å². The molecule has 1 aromatic carbocycles. The lowest BCUT2D eigenvalue weighted by Gasteiger charge is -2.34. The quantitative estimate of drug-likeness (QED) is 0.809. The number of carbonyl (C=O) groups is 2. The van der Waals surface area contributed by atoms with Crippen LogP contribution in [0.25, 0.3) is 10.9 Å². The number of carbonyl (C=O) groups excluding carboxylic acids is 2. The Morgan fingerprint density at radius 3 is 2.92 bits per heavy atom. The molecule has 2 atom stereocenters. The van der Waals surface area contributed by atoms with Gasteiger partial charge in [-0.05, 0) is 49.9 Å². The molecule has 138 valence electrons. The molecule has 2 fully saturated rings. The van der Waals surface area contributed by atoms with Crippen molar-refractivity contribution in [2.45, 2.75) is 31.6 Å². The van der Waals surface area contributed by atoms with Crippen LogP contribution in [0.5, 0.6) is 0 Å². The van der Waals surface area contributed by atoms with Gasteiger partial charge >= 0.3 is 0 Å². The molecule has 1 unspecified atom stereocenters. The third-order valence-corrected chi connectivity index (χ3v) is 5.65. The summed E-state index contributed by atoms with van der Waals surface area (Å²) >= 11 is 0. The SMILES string of the molecule is Cn1nc(C2CCC(=O)NC2=O)c2ccc(N3CCC[C@@H](CN)C3)cc21. The van der Waals surface area contributed by atoms with Crippen molar-refractivity contribution >= 4 is 28.4 Å². The number of nitrogens with zero attached hydrogens (tertiary/aromatic N) is 3. The van der Waals surface area contributed by atoms with Crippen LogP contribution >= 0.6 is 0 Å². The van der Waals surface area contributed by atoms with Crippen molar-refractivity contribution in [1.82, 2.24) is 15.1 Å². The van der Waals surface area contributed by atoms with Crippen LogP contribution in [-0.2, 0) is 16.6 Å². The van der Waals surface area contributed by atoms with Gasteiger partial charge in [0.25, 0.3) is 0 Å². The minimum absolute atomic E-state index is 0.201. The minimum atomic E-state index is -0.362. The zero-order valence-corrected chi connectivity index (χ0v) is 15.1. The fraction of sp³-hybridized carbons (Fsp3) is 0.526. The van der Waals surface area contributed by atoms with Crippen LogP contribution in [0.2, 0.25) is 0 Å². The van der Waals surface area contributed by atoms with Crippen LogP contribution < -0.4 is 16.0 Å². The highest BCUT2D eigenvalue weighted by molar-refractivity contribution is 6.02. The zero-order chi connectivity index (χ0) is 18.3. The molecule has 0 radical (unpaired) electrons. The summed E-state index contributed by atoms with van der Waals surface area (Å²) < 4.78 is 1.84. The average molecular weight is 355 g/mol. The van der Waals surface area contributed by atoms with Crippen LogP contribution in [0.4, 0.5) is 5.69 Å². The molecule has 3 heterocycles. The Hall–Kier alpha value is -2.41. The highest BCUT2D eigenvalue weighted by Crippen LogP contribution is 2.33. The Labute approximate surface area is 152 Å². The highest BCUT2D eigenvalue weighted by atomic mass is 16.2. The summed E-state index contributed by atoms with van der Waals surface area (Å²) in [6.07, 6.45) is 3.23. The van der Waals surface area contributed by atoms with E-state index in [1.54, 1.807) is 0 Å². The van der Waals surface area contributed by atoms with Crippen LogP contribution in [0.3, 0.4) is 0 Å². The number of aromatic nitrogens is 2. The van der Waals surface area contributed by atoms with E-state index in [1.807, 2.05) is 11.7 Å². The van der Waals surface area contributed by atoms with Gasteiger partial charge in [-0.2, -0.15) is 5.10 Å². The van der Waals surface area contributed by atoms with Gasteiger partial charge in [0.1, 0.15) is 0 Å². The summed E-state index contributed by atoms with van der Waals surface area (Å²) in [5.74, 6) is -0.260. The number of hydrogen-bond acceptors (Lipinski definition) is 5. The number of benzene rings is 1. The minimum Gasteiger partial charge on any atom is -0.371 e. The second kappa shape index (κ2) is 6.72. The van der Waals surface area contributed by atoms with E-state index in [0.717, 1.165) is 42.7 Å². The molecule has 1 aromatic heterocycles. The van der Waals surface area contributed by atoms with Crippen molar-refractivity contribution in [3.63, 3.8) is 0 Å². The summed E-state index contributed by atoms with van der Waals surface area (Å²) in [5.41, 5.74) is 8.81. The van der Waals surface area contributed by atoms with E-state index in [1.165, 1.54) is 12.1 Å². The molecule has 0 saturated carbocycles. The van der Waals surface area contributed by atoms with Crippen LogP contribution in [-0.4, -0.2) is 41.2 Å². The normalized spacial score (nSPS) is 24.2. The van der Waals surface area contributed by atoms with Crippen molar-refractivity contribution in [2.24, 2.45) is 18.7 Å². The first kappa shape index (κ1) is 17.0. The van der Waals surface area contributed by atoms with E-state index in [-0.39, 0.29) is 17.7 Å². The molecule has 0 spiro atoms. The van der Waals surface area contributed by atoms with Crippen LogP contribution in [0.15, 0.2) is 18.2 Å². The molecule has 7 nitrogen and oxygen atoms in total. The van der Waals surface area contributed by atoms with Crippen molar-refractivity contribution in [3.8, 4) is 0 Å². The third-order valence-electron chi connectivity index (χ3n) is 5.65. The van der Waals surface area contributed by atoms with Gasteiger partial charge in [-0.1, -0.05) is 0 Å². The van der Waals surface area contributed by atoms with Gasteiger partial charge in [0.05, 0.1) is 17.1 Å². The first-order valence-corrected chi connectivity index (χ1v) is 9.32. The molecular weight excluding hydrogens is 330 g/mol. The van der Waals surface area contributed by atoms with Crippen molar-refractivity contribution in [2.75, 3.05) is 24.5 Å². The molecule has 4 rings (SSSR count). The van der Waals surface area contributed by atoms with Crippen molar-refractivity contribution in [3.05, 3.63) is 23.9 Å². The molecular formula is C19H25N5O2. The molecule has 2 aliphatic heterocycles. The van der Waals surface area contributed by atoms with E-state index < -0.39 is 0 Å². The van der Waals surface area contributed by atoms with Crippen molar-refractivity contribution in [1.29, 1.82) is 0 Å². The first-order valence-electron chi connectivity index (χ1n) is 9.32. The average Bonchev–Trinajstić information content (AvgIpc) is 2.98. The lowest BCUT2D eigenvalue weighted by Crippen LogP contribution is -2.39. The molecule has 0 bridgehead atoms. The number of amides is 2. The smallest absolute Gasteiger partial charge is 0.235 e. The summed E-state index contributed by atoms with van der Waals surface area (Å²) in [6, 6.07) is 6.32. The molecule has 0 aliphatic carbocycles. The number of nitrogens with two attached hydrogens (primary N) is 1. The van der Waals surface area contributed by atoms with E-state index in [9.17, 15) is 9.59 Å². The molecule has 2 aromatic rings. The Morgan fingerprint density at radius 1 is 1.31 bits per heavy atom. The number of nitrogens with one attached hydrogen (secondary N) is 1. The standard InChI is InChI=1S/C19H25N5O2/c1-23-16-9-13(24-8-2-3-12(10-20)11-24)4-5-14(16)18(22-23)15-6-7-17(25)21-19(15)26/h4-5,9,12,15H,2-3,6-8,10-11,20H2,1H3,(H,21,25,26)/t12-,15?/m0/s1. The zero-order valence-electron chi connectivity index (χ0n) is 15.1. The molecule has 7 heteroatoms. The molecule has 2 saturated heterocycles. The van der Waals surface area contributed by atoms with Gasteiger partial charge < -0.3 is 10.6 Å². The summed E-state index contributed by atoms with van der Waals surface area (Å²) in [5, 5.41) is 8.03. The number of aryl methyl sites for hydroxylation is 1. The van der Waals surface area contributed by atoms with Gasteiger partial charge in [0, 0.05) is 37.6 Å². The van der Waals surface area contributed by atoms with E-state index in [0.29, 0.717) is 18.8 Å². The molecule has 3 N–H and O–H groups in total. The summed E-state index contributed by atoms with van der Waals surface area (Å²) in [6.45, 7) is 2.75. The maximum absolute atomic E-state index is 12.2. The number of hydrogen-bond donors (Lipinski definition) is 2. The second-order valence-corrected chi connectivity index (χ2v) is 7.40. The van der Waals surface area contributed by atoms with Gasteiger partial charge in [-0.3, -0.25) is 19.6 Å². The topological polar surface area (TPSA) is 93.2 Å². The van der Waals surface area contributed by atoms with Crippen LogP contribution in [0.1, 0.15) is 37.3 Å². The summed E-state index contributed by atoms with van der Waals surface area (Å²) in [7, 11) is 1.90. The van der Waals surface area contributed by atoms with Gasteiger partial charge in [0.2, 0.25) is 11.8 Å². The van der Waals surface area contributed by atoms with Crippen molar-refractivity contribution < 1.29 is 9.59 Å². The molecule has 2 aliphatic rings. The first-order chi connectivity index (χ1) is 12.6. The Bertz CT molecular complexity index is 859. The van der Waals surface area contributed by atoms with Gasteiger partial charge in [0.15, 0.2) is 0 Å². The van der Waals surface area contributed by atoms with Gasteiger partial charge in [-0.15, -0.1) is 0 Å². The largest absolute Gasteiger partial charge is 0.371 e. The second-order valence-electron chi connectivity index (χ2n) is 7.40. The lowest BCUT2D eigenvalue weighted by atomic mass is 9.92. The van der Waals surface area contributed by atoms with E-state index in [4.69, 9.17) is 5.73 Å². The third kappa shape index (κ3) is 2.96. The Kier molecular flexibility index (Phi) is 4.40. The fourth-order valence-corrected chi connectivity index (χ4v) is 4.17. The number of imide groups is 1. The number of fused-ring (bicyclic) bond motifs is 1. The fourth-order valence-electron chi connectivity index (χ4n) is 4.17. The molecule has 2 amide bonds. The lowest BCUT2D eigenvalue weighted by molar-refractivity contribution is -0.134. The number of anilines is 1. The highest BCUT2D eigenvalue weighted by Gasteiger charge is 2.31. The Balaban J connectivity index is 1.66. The maximum atomic E-state index is 12.2. The van der Waals surface area contributed by atoms with E-state index in [2.05, 4.69) is 33.5 Å². The maximum Gasteiger partial charge on any atom is 0.235 e. The number of rotatable bonds is 3. The predicted octanol–water partition coefficient (Wildman–Crippen LogP) is 1.27. The number of piperidine rings is 2. The van der Waals surface area contributed by atoms with Crippen LogP contribution in [0, 0.1) is 5.92 Å². The Morgan fingerprint density at radius 2 is 2.15 bits per heavy atom. The monoisotopic (exact) mass is 355 g/mol. The molecule has 26 heavy (non-hydrogen) atoms. The van der Waals surface area contributed by atoms with Gasteiger partial charge in [-0.25, -0.2) is 0 Å². The summed E-state index contributed by atoms with van der Waals surface area (Å²) in [4.78, 5) is 26.0. The predicted molar refractivity (Wildman–Crippen MR) is 99.8 cm³/mol.